The summed E-state index contributed by atoms with van der Waals surface area (Å²) in [6.45, 7) is 9.16. The van der Waals surface area contributed by atoms with E-state index in [1.165, 1.54) is 32.4 Å². The average Bonchev–Trinajstić information content (AvgIpc) is 3.73. The summed E-state index contributed by atoms with van der Waals surface area (Å²) in [5.41, 5.74) is 21.1. The first-order valence-electron chi connectivity index (χ1n) is 16.6. The molecule has 7 rings (SSSR count). The minimum atomic E-state index is 0.573. The number of ether oxygens (including phenoxy) is 1. The number of nitrogens with one attached hydrogen (secondary N) is 2. The number of aliphatic imine (C=N–C) groups is 2. The Morgan fingerprint density at radius 2 is 1.09 bits per heavy atom. The molecule has 3 aromatic carbocycles. The molecule has 5 aromatic rings. The van der Waals surface area contributed by atoms with E-state index in [1.54, 1.807) is 0 Å². The van der Waals surface area contributed by atoms with Crippen molar-refractivity contribution in [1.82, 2.24) is 19.8 Å². The first kappa shape index (κ1) is 30.2. The summed E-state index contributed by atoms with van der Waals surface area (Å²) in [6.07, 6.45) is 3.93. The molecule has 0 bridgehead atoms. The monoisotopic (exact) mass is 616 g/mol. The minimum absolute atomic E-state index is 0.573. The Morgan fingerprint density at radius 3 is 1.59 bits per heavy atom. The average molecular weight is 617 g/mol. The van der Waals surface area contributed by atoms with Crippen molar-refractivity contribution in [2.24, 2.45) is 21.5 Å². The van der Waals surface area contributed by atoms with Gasteiger partial charge in [-0.3, -0.25) is 14.9 Å². The van der Waals surface area contributed by atoms with Gasteiger partial charge in [0.25, 0.3) is 0 Å². The highest BCUT2D eigenvalue weighted by Gasteiger charge is 2.12. The van der Waals surface area contributed by atoms with Crippen LogP contribution in [0.25, 0.3) is 44.3 Å². The number of nitrogens with two attached hydrogens (primary N) is 2. The van der Waals surface area contributed by atoms with Crippen LogP contribution >= 0.6 is 0 Å². The van der Waals surface area contributed by atoms with Crippen molar-refractivity contribution in [2.45, 2.75) is 19.3 Å². The molecule has 2 fully saturated rings. The van der Waals surface area contributed by atoms with Crippen LogP contribution in [0.2, 0.25) is 0 Å². The van der Waals surface area contributed by atoms with E-state index >= 15 is 0 Å². The molecule has 0 spiro atoms. The number of benzene rings is 3. The lowest BCUT2D eigenvalue weighted by Gasteiger charge is -2.25. The summed E-state index contributed by atoms with van der Waals surface area (Å²) in [7, 11) is 0. The van der Waals surface area contributed by atoms with Gasteiger partial charge in [0.1, 0.15) is 11.7 Å². The zero-order valence-corrected chi connectivity index (χ0v) is 26.5. The van der Waals surface area contributed by atoms with E-state index in [9.17, 15) is 0 Å². The van der Waals surface area contributed by atoms with Gasteiger partial charge in [-0.15, -0.1) is 0 Å². The highest BCUT2D eigenvalue weighted by Crippen LogP contribution is 2.29. The Balaban J connectivity index is 1.01. The number of aromatic amines is 2. The van der Waals surface area contributed by atoms with E-state index in [-0.39, 0.29) is 0 Å². The number of piperidine rings is 1. The van der Waals surface area contributed by atoms with Crippen LogP contribution in [-0.2, 0) is 4.74 Å². The number of H-pyrrole nitrogens is 2. The molecule has 9 nitrogen and oxygen atoms in total. The van der Waals surface area contributed by atoms with Crippen molar-refractivity contribution in [2.75, 3.05) is 65.6 Å². The molecule has 238 valence electrons. The van der Waals surface area contributed by atoms with Gasteiger partial charge >= 0.3 is 0 Å². The topological polar surface area (TPSA) is 124 Å². The van der Waals surface area contributed by atoms with Gasteiger partial charge < -0.3 is 31.1 Å². The van der Waals surface area contributed by atoms with Crippen LogP contribution in [0.15, 0.2) is 82.8 Å². The first-order chi connectivity index (χ1) is 22.6. The number of hydrogen-bond acceptors (Lipinski definition) is 5. The second-order valence-electron chi connectivity index (χ2n) is 12.4. The summed E-state index contributed by atoms with van der Waals surface area (Å²) >= 11 is 0. The molecule has 46 heavy (non-hydrogen) atoms. The van der Waals surface area contributed by atoms with Gasteiger partial charge in [0.05, 0.1) is 26.3 Å². The molecule has 0 unspecified atom stereocenters. The molecular formula is C37H44N8O. The lowest BCUT2D eigenvalue weighted by molar-refractivity contribution is 0.0394. The molecule has 4 heterocycles. The highest BCUT2D eigenvalue weighted by molar-refractivity contribution is 6.02. The predicted molar refractivity (Wildman–Crippen MR) is 190 cm³/mol. The lowest BCUT2D eigenvalue weighted by Crippen LogP contribution is -2.38. The number of rotatable bonds is 10. The Morgan fingerprint density at radius 1 is 0.609 bits per heavy atom. The second kappa shape index (κ2) is 13.9. The van der Waals surface area contributed by atoms with E-state index in [0.29, 0.717) is 18.2 Å². The summed E-state index contributed by atoms with van der Waals surface area (Å²) in [5, 5.41) is 2.30. The van der Waals surface area contributed by atoms with Crippen LogP contribution in [0.1, 0.15) is 30.4 Å². The van der Waals surface area contributed by atoms with E-state index in [0.717, 1.165) is 101 Å². The van der Waals surface area contributed by atoms with Crippen molar-refractivity contribution in [3.63, 3.8) is 0 Å². The molecular weight excluding hydrogens is 572 g/mol. The van der Waals surface area contributed by atoms with E-state index in [4.69, 9.17) is 16.2 Å². The largest absolute Gasteiger partial charge is 0.384 e. The molecule has 0 atom stereocenters. The van der Waals surface area contributed by atoms with Crippen LogP contribution in [0.5, 0.6) is 0 Å². The third-order valence-corrected chi connectivity index (χ3v) is 9.29. The van der Waals surface area contributed by atoms with Crippen molar-refractivity contribution in [1.29, 1.82) is 0 Å². The first-order valence-corrected chi connectivity index (χ1v) is 16.6. The van der Waals surface area contributed by atoms with Gasteiger partial charge in [0, 0.05) is 70.5 Å². The number of morpholine rings is 1. The zero-order valence-electron chi connectivity index (χ0n) is 26.5. The van der Waals surface area contributed by atoms with Gasteiger partial charge in [0.15, 0.2) is 0 Å². The van der Waals surface area contributed by atoms with Crippen LogP contribution in [-0.4, -0.2) is 97.0 Å². The summed E-state index contributed by atoms with van der Waals surface area (Å²) < 4.78 is 5.43. The molecule has 2 saturated heterocycles. The van der Waals surface area contributed by atoms with Gasteiger partial charge in [-0.05, 0) is 61.3 Å². The summed E-state index contributed by atoms with van der Waals surface area (Å²) in [6, 6.07) is 25.5. The minimum Gasteiger partial charge on any atom is -0.384 e. The van der Waals surface area contributed by atoms with Crippen molar-refractivity contribution < 1.29 is 4.74 Å². The number of amidine groups is 2. The standard InChI is InChI=1S/C37H44N8O/c38-36(40-12-16-44-14-2-1-3-15-44)30-10-8-28-22-32(42-34(28)24-30)26-4-6-27(7-5-26)33-23-29-9-11-31(25-35(29)43-33)37(39)41-13-17-45-18-20-46-21-19-45/h4-11,22-25,42-43H,1-3,12-21H2,(H2,38,40)(H2,39,41). The maximum Gasteiger partial charge on any atom is 0.125 e. The van der Waals surface area contributed by atoms with Gasteiger partial charge in [-0.2, -0.15) is 0 Å². The third-order valence-electron chi connectivity index (χ3n) is 9.29. The third kappa shape index (κ3) is 7.02. The molecule has 6 N–H and O–H groups in total. The number of fused-ring (bicyclic) bond motifs is 2. The summed E-state index contributed by atoms with van der Waals surface area (Å²) in [4.78, 5) is 21.3. The predicted octanol–water partition coefficient (Wildman–Crippen LogP) is 5.21. The van der Waals surface area contributed by atoms with E-state index < -0.39 is 0 Å². The molecule has 0 amide bonds. The number of hydrogen-bond donors (Lipinski definition) is 4. The van der Waals surface area contributed by atoms with Crippen molar-refractivity contribution >= 4 is 33.5 Å². The fourth-order valence-corrected chi connectivity index (χ4v) is 6.53. The van der Waals surface area contributed by atoms with Gasteiger partial charge in [0.2, 0.25) is 0 Å². The van der Waals surface area contributed by atoms with E-state index in [2.05, 4.69) is 96.5 Å². The molecule has 0 aliphatic carbocycles. The number of likely N-dealkylation sites (tertiary alicyclic amines) is 1. The second-order valence-corrected chi connectivity index (χ2v) is 12.4. The Kier molecular flexibility index (Phi) is 9.14. The Bertz CT molecular complexity index is 1700. The van der Waals surface area contributed by atoms with Gasteiger partial charge in [-0.25, -0.2) is 0 Å². The maximum atomic E-state index is 6.38. The fraction of sp³-hybridized carbons (Fsp3) is 0.351. The van der Waals surface area contributed by atoms with Crippen molar-refractivity contribution in [3.05, 3.63) is 83.9 Å². The fourth-order valence-electron chi connectivity index (χ4n) is 6.53. The van der Waals surface area contributed by atoms with E-state index in [1.807, 2.05) is 6.07 Å². The van der Waals surface area contributed by atoms with Gasteiger partial charge in [-0.1, -0.05) is 55.0 Å². The maximum absolute atomic E-state index is 6.38. The zero-order chi connectivity index (χ0) is 31.3. The lowest BCUT2D eigenvalue weighted by atomic mass is 10.1. The molecule has 2 aliphatic heterocycles. The normalized spacial score (nSPS) is 17.3. The van der Waals surface area contributed by atoms with Crippen LogP contribution in [0.4, 0.5) is 0 Å². The smallest absolute Gasteiger partial charge is 0.125 e. The Labute approximate surface area is 270 Å². The number of aromatic nitrogens is 2. The number of nitrogens with zero attached hydrogens (tertiary/aromatic N) is 4. The molecule has 0 saturated carbocycles. The molecule has 0 radical (unpaired) electrons. The quantitative estimate of drug-likeness (QED) is 0.127. The van der Waals surface area contributed by atoms with Crippen molar-refractivity contribution in [3.8, 4) is 22.5 Å². The molecule has 2 aliphatic rings. The molecule has 2 aromatic heterocycles. The SMILES string of the molecule is NC(=NCCN1CCCCC1)c1ccc2cc(-c3ccc(-c4cc5ccc(C(N)=NCCN6CCOCC6)cc5[nH]4)cc3)[nH]c2c1. The van der Waals surface area contributed by atoms with Crippen LogP contribution < -0.4 is 11.5 Å². The van der Waals surface area contributed by atoms with Crippen LogP contribution in [0, 0.1) is 0 Å². The Hall–Kier alpha value is -4.44. The van der Waals surface area contributed by atoms with Crippen LogP contribution in [0.3, 0.4) is 0 Å². The summed E-state index contributed by atoms with van der Waals surface area (Å²) in [5.74, 6) is 1.17. The highest BCUT2D eigenvalue weighted by atomic mass is 16.5. The molecule has 9 heteroatoms.